The molecule has 132 valence electrons. The van der Waals surface area contributed by atoms with Crippen LogP contribution in [0, 0.1) is 0 Å². The minimum atomic E-state index is -2.96. The fraction of sp³-hybridized carbons (Fsp3) is 0.188. The first-order valence-electron chi connectivity index (χ1n) is 7.03. The van der Waals surface area contributed by atoms with Gasteiger partial charge in [0.1, 0.15) is 11.6 Å². The number of nitrogens with zero attached hydrogens (tertiary/aromatic N) is 1. The number of carbonyl (C=O) groups is 2. The molecule has 1 aromatic carbocycles. The summed E-state index contributed by atoms with van der Waals surface area (Å²) in [4.78, 5) is 27.8. The lowest BCUT2D eigenvalue weighted by atomic mass is 10.2. The van der Waals surface area contributed by atoms with Crippen molar-refractivity contribution in [2.45, 2.75) is 19.6 Å². The Bertz CT molecular complexity index is 739. The number of halogens is 3. The first-order chi connectivity index (χ1) is 11.8. The van der Waals surface area contributed by atoms with Gasteiger partial charge in [0.15, 0.2) is 6.10 Å². The molecule has 1 N–H and O–H groups in total. The maximum Gasteiger partial charge on any atom is 0.387 e. The average Bonchev–Trinajstić information content (AvgIpc) is 2.57. The molecule has 2 rings (SSSR count). The van der Waals surface area contributed by atoms with Gasteiger partial charge in [0.05, 0.1) is 10.6 Å². The normalized spacial score (nSPS) is 11.7. The predicted octanol–water partition coefficient (Wildman–Crippen LogP) is 3.52. The number of amides is 1. The van der Waals surface area contributed by atoms with Crippen molar-refractivity contribution in [3.8, 4) is 5.75 Å². The van der Waals surface area contributed by atoms with Gasteiger partial charge in [-0.25, -0.2) is 9.78 Å². The van der Waals surface area contributed by atoms with E-state index in [0.717, 1.165) is 0 Å². The van der Waals surface area contributed by atoms with Crippen LogP contribution in [0.2, 0.25) is 5.02 Å². The summed E-state index contributed by atoms with van der Waals surface area (Å²) in [5.41, 5.74) is 0.0888. The van der Waals surface area contributed by atoms with E-state index < -0.39 is 24.6 Å². The molecule has 9 heteroatoms. The fourth-order valence-electron chi connectivity index (χ4n) is 1.73. The largest absolute Gasteiger partial charge is 0.449 e. The summed E-state index contributed by atoms with van der Waals surface area (Å²) in [6.45, 7) is -1.57. The van der Waals surface area contributed by atoms with Crippen LogP contribution in [-0.4, -0.2) is 29.6 Å². The van der Waals surface area contributed by atoms with Crippen molar-refractivity contribution in [3.05, 3.63) is 53.2 Å². The van der Waals surface area contributed by atoms with Gasteiger partial charge >= 0.3 is 12.6 Å². The van der Waals surface area contributed by atoms with E-state index in [1.54, 1.807) is 6.07 Å². The summed E-state index contributed by atoms with van der Waals surface area (Å²) in [5, 5.41) is 2.88. The summed E-state index contributed by atoms with van der Waals surface area (Å²) in [7, 11) is 0. The fourth-order valence-corrected chi connectivity index (χ4v) is 1.84. The minimum Gasteiger partial charge on any atom is -0.449 e. The van der Waals surface area contributed by atoms with E-state index in [0.29, 0.717) is 5.02 Å². The zero-order chi connectivity index (χ0) is 18.4. The number of benzene rings is 1. The Kier molecular flexibility index (Phi) is 6.24. The van der Waals surface area contributed by atoms with Crippen LogP contribution >= 0.6 is 11.6 Å². The van der Waals surface area contributed by atoms with Crippen LogP contribution in [0.5, 0.6) is 5.75 Å². The number of pyridine rings is 1. The SMILES string of the molecule is C[C@H](OC(=O)c1ccc(OC(F)F)cc1)C(=O)Nc1ccc(Cl)cn1. The molecule has 0 aliphatic rings. The monoisotopic (exact) mass is 370 g/mol. The number of alkyl halides is 2. The lowest BCUT2D eigenvalue weighted by molar-refractivity contribution is -0.123. The number of esters is 1. The number of nitrogens with one attached hydrogen (secondary N) is 1. The van der Waals surface area contributed by atoms with Crippen molar-refractivity contribution in [3.63, 3.8) is 0 Å². The molecule has 0 unspecified atom stereocenters. The molecule has 0 bridgehead atoms. The highest BCUT2D eigenvalue weighted by Crippen LogP contribution is 2.16. The zero-order valence-corrected chi connectivity index (χ0v) is 13.7. The van der Waals surface area contributed by atoms with E-state index in [9.17, 15) is 18.4 Å². The Hall–Kier alpha value is -2.74. The standard InChI is InChI=1S/C16H13ClF2N2O4/c1-9(14(22)21-13-7-4-11(17)8-20-13)24-15(23)10-2-5-12(6-3-10)25-16(18)19/h2-9,16H,1H3,(H,20,21,22)/t9-/m0/s1. The highest BCUT2D eigenvalue weighted by Gasteiger charge is 2.19. The summed E-state index contributed by atoms with van der Waals surface area (Å²) < 4.78 is 33.3. The van der Waals surface area contributed by atoms with Gasteiger partial charge in [0, 0.05) is 6.20 Å². The van der Waals surface area contributed by atoms with Gasteiger partial charge < -0.3 is 14.8 Å². The van der Waals surface area contributed by atoms with Gasteiger partial charge in [0.2, 0.25) is 0 Å². The van der Waals surface area contributed by atoms with Gasteiger partial charge in [0.25, 0.3) is 5.91 Å². The van der Waals surface area contributed by atoms with Crippen molar-refractivity contribution >= 4 is 29.3 Å². The topological polar surface area (TPSA) is 77.5 Å². The highest BCUT2D eigenvalue weighted by atomic mass is 35.5. The van der Waals surface area contributed by atoms with Gasteiger partial charge in [-0.3, -0.25) is 4.79 Å². The van der Waals surface area contributed by atoms with Crippen LogP contribution in [0.25, 0.3) is 0 Å². The average molecular weight is 371 g/mol. The molecule has 0 fully saturated rings. The molecular formula is C16H13ClF2N2O4. The summed E-state index contributed by atoms with van der Waals surface area (Å²) in [6, 6.07) is 7.95. The van der Waals surface area contributed by atoms with Crippen LogP contribution < -0.4 is 10.1 Å². The number of aromatic nitrogens is 1. The molecule has 0 aliphatic heterocycles. The van der Waals surface area contributed by atoms with Crippen molar-refractivity contribution in [2.24, 2.45) is 0 Å². The van der Waals surface area contributed by atoms with Crippen molar-refractivity contribution in [1.82, 2.24) is 4.98 Å². The second kappa shape index (κ2) is 8.39. The maximum absolute atomic E-state index is 12.1. The molecule has 2 aromatic rings. The molecule has 0 spiro atoms. The quantitative estimate of drug-likeness (QED) is 0.787. The third-order valence-corrected chi connectivity index (χ3v) is 3.17. The third-order valence-electron chi connectivity index (χ3n) is 2.95. The first kappa shape index (κ1) is 18.6. The summed E-state index contributed by atoms with van der Waals surface area (Å²) >= 11 is 5.69. The Morgan fingerprint density at radius 3 is 2.40 bits per heavy atom. The molecule has 25 heavy (non-hydrogen) atoms. The number of anilines is 1. The van der Waals surface area contributed by atoms with E-state index in [-0.39, 0.29) is 17.1 Å². The molecule has 1 heterocycles. The Morgan fingerprint density at radius 1 is 1.16 bits per heavy atom. The second-order valence-electron chi connectivity index (χ2n) is 4.80. The molecule has 1 atom stereocenters. The van der Waals surface area contributed by atoms with Gasteiger partial charge in [-0.15, -0.1) is 0 Å². The molecule has 1 amide bonds. The molecule has 0 aliphatic carbocycles. The van der Waals surface area contributed by atoms with E-state index in [2.05, 4.69) is 15.0 Å². The number of carbonyl (C=O) groups excluding carboxylic acids is 2. The van der Waals surface area contributed by atoms with Crippen LogP contribution in [-0.2, 0) is 9.53 Å². The smallest absolute Gasteiger partial charge is 0.387 e. The van der Waals surface area contributed by atoms with Crippen molar-refractivity contribution in [2.75, 3.05) is 5.32 Å². The molecular weight excluding hydrogens is 358 g/mol. The lowest BCUT2D eigenvalue weighted by Gasteiger charge is -2.13. The van der Waals surface area contributed by atoms with Crippen LogP contribution in [0.3, 0.4) is 0 Å². The zero-order valence-electron chi connectivity index (χ0n) is 12.9. The van der Waals surface area contributed by atoms with E-state index >= 15 is 0 Å². The molecule has 0 saturated heterocycles. The number of rotatable bonds is 6. The molecule has 1 aromatic heterocycles. The Labute approximate surface area is 146 Å². The molecule has 0 saturated carbocycles. The van der Waals surface area contributed by atoms with Gasteiger partial charge in [-0.2, -0.15) is 8.78 Å². The maximum atomic E-state index is 12.1. The van der Waals surface area contributed by atoms with Gasteiger partial charge in [-0.1, -0.05) is 11.6 Å². The van der Waals surface area contributed by atoms with E-state index in [1.165, 1.54) is 43.5 Å². The van der Waals surface area contributed by atoms with E-state index in [1.807, 2.05) is 0 Å². The number of ether oxygens (including phenoxy) is 2. The van der Waals surface area contributed by atoms with Crippen LogP contribution in [0.15, 0.2) is 42.6 Å². The second-order valence-corrected chi connectivity index (χ2v) is 5.24. The van der Waals surface area contributed by atoms with Crippen molar-refractivity contribution < 1.29 is 27.8 Å². The van der Waals surface area contributed by atoms with Gasteiger partial charge in [-0.05, 0) is 43.3 Å². The van der Waals surface area contributed by atoms with Crippen LogP contribution in [0.4, 0.5) is 14.6 Å². The predicted molar refractivity (Wildman–Crippen MR) is 85.8 cm³/mol. The highest BCUT2D eigenvalue weighted by molar-refractivity contribution is 6.30. The van der Waals surface area contributed by atoms with E-state index in [4.69, 9.17) is 16.3 Å². The third kappa shape index (κ3) is 5.68. The minimum absolute atomic E-state index is 0.0888. The molecule has 0 radical (unpaired) electrons. The lowest BCUT2D eigenvalue weighted by Crippen LogP contribution is -2.30. The summed E-state index contributed by atoms with van der Waals surface area (Å²) in [6.07, 6.45) is 0.263. The summed E-state index contributed by atoms with van der Waals surface area (Å²) in [5.74, 6) is -1.20. The molecule has 6 nitrogen and oxygen atoms in total. The Morgan fingerprint density at radius 2 is 1.84 bits per heavy atom. The number of hydrogen-bond acceptors (Lipinski definition) is 5. The Balaban J connectivity index is 1.92. The number of hydrogen-bond donors (Lipinski definition) is 1. The van der Waals surface area contributed by atoms with Crippen molar-refractivity contribution in [1.29, 1.82) is 0 Å². The first-order valence-corrected chi connectivity index (χ1v) is 7.41. The van der Waals surface area contributed by atoms with Crippen LogP contribution in [0.1, 0.15) is 17.3 Å².